The molecule has 0 radical (unpaired) electrons. The monoisotopic (exact) mass is 636 g/mol. The van der Waals surface area contributed by atoms with Gasteiger partial charge in [0.15, 0.2) is 32.2 Å². The molecule has 0 N–H and O–H groups in total. The SMILES string of the molecule is CN(Oc1ccc(Cl)cc1CCO[Si](C)(C)C(C)(C)C)C(=O)[C@H]1O[C@@H](n2ccc3c(Cl)ncnc32)[C@@H]2OC(C)(C)O[C@@H]21. The minimum absolute atomic E-state index is 0.0943. The molecule has 42 heavy (non-hydrogen) atoms. The van der Waals surface area contributed by atoms with Crippen LogP contribution in [0.2, 0.25) is 28.3 Å². The summed E-state index contributed by atoms with van der Waals surface area (Å²) in [5, 5.41) is 2.83. The standard InChI is InChI=1S/C29H38Cl2N4O6Si/c1-28(2,3)42(7,8)37-14-12-17-15-18(30)9-10-20(17)41-34(6)26(36)22-21-23(40-29(4,5)39-21)27(38-22)35-13-11-19-24(31)32-16-33-25(19)35/h9-11,13,15-16,21-23,27H,12,14H2,1-8H3/t21-,22+,23-,27-/m1/s1. The van der Waals surface area contributed by atoms with Gasteiger partial charge >= 0.3 is 0 Å². The van der Waals surface area contributed by atoms with E-state index < -0.39 is 44.6 Å². The van der Waals surface area contributed by atoms with Crippen molar-refractivity contribution >= 4 is 48.5 Å². The summed E-state index contributed by atoms with van der Waals surface area (Å²) in [5.41, 5.74) is 1.40. The molecule has 3 aromatic rings. The molecule has 2 fully saturated rings. The van der Waals surface area contributed by atoms with Crippen LogP contribution in [0.4, 0.5) is 0 Å². The van der Waals surface area contributed by atoms with Crippen LogP contribution in [0.15, 0.2) is 36.8 Å². The zero-order valence-electron chi connectivity index (χ0n) is 25.2. The molecule has 0 saturated carbocycles. The fourth-order valence-electron chi connectivity index (χ4n) is 4.98. The largest absolute Gasteiger partial charge is 0.416 e. The van der Waals surface area contributed by atoms with Gasteiger partial charge in [-0.1, -0.05) is 44.0 Å². The Hall–Kier alpha value is -2.25. The molecule has 1 aromatic carbocycles. The molecular weight excluding hydrogens is 599 g/mol. The number of hydroxylamine groups is 2. The van der Waals surface area contributed by atoms with Crippen LogP contribution >= 0.6 is 23.2 Å². The molecule has 5 rings (SSSR count). The number of aromatic nitrogens is 3. The van der Waals surface area contributed by atoms with E-state index in [1.807, 2.05) is 19.9 Å². The minimum atomic E-state index is -1.93. The second kappa shape index (κ2) is 11.3. The number of benzene rings is 1. The molecule has 228 valence electrons. The Kier molecular flexibility index (Phi) is 8.43. The highest BCUT2D eigenvalue weighted by molar-refractivity contribution is 6.74. The van der Waals surface area contributed by atoms with Gasteiger partial charge in [0, 0.05) is 30.4 Å². The van der Waals surface area contributed by atoms with Crippen LogP contribution in [-0.4, -0.2) is 71.6 Å². The lowest BCUT2D eigenvalue weighted by molar-refractivity contribution is -0.206. The summed E-state index contributed by atoms with van der Waals surface area (Å²) in [5.74, 6) is -0.832. The molecular formula is C29H38Cl2N4O6Si. The first-order valence-corrected chi connectivity index (χ1v) is 17.6. The Balaban J connectivity index is 1.34. The first-order chi connectivity index (χ1) is 19.6. The van der Waals surface area contributed by atoms with Crippen molar-refractivity contribution in [1.82, 2.24) is 19.6 Å². The summed E-state index contributed by atoms with van der Waals surface area (Å²) < 4.78 is 26.9. The molecule has 0 aliphatic carbocycles. The number of amides is 1. The Bertz CT molecular complexity index is 1480. The number of nitrogens with zero attached hydrogens (tertiary/aromatic N) is 4. The van der Waals surface area contributed by atoms with Gasteiger partial charge in [-0.3, -0.25) is 4.79 Å². The summed E-state index contributed by atoms with van der Waals surface area (Å²) in [6.07, 6.45) is 0.801. The van der Waals surface area contributed by atoms with Gasteiger partial charge < -0.3 is 28.0 Å². The quantitative estimate of drug-likeness (QED) is 0.164. The predicted molar refractivity (Wildman–Crippen MR) is 162 cm³/mol. The number of halogens is 2. The van der Waals surface area contributed by atoms with Crippen LogP contribution in [-0.2, 0) is 29.9 Å². The van der Waals surface area contributed by atoms with Crippen molar-refractivity contribution in [2.45, 2.75) is 89.5 Å². The van der Waals surface area contributed by atoms with Crippen molar-refractivity contribution in [2.75, 3.05) is 13.7 Å². The van der Waals surface area contributed by atoms with Gasteiger partial charge in [0.25, 0.3) is 5.91 Å². The van der Waals surface area contributed by atoms with Gasteiger partial charge in [-0.2, -0.15) is 5.06 Å². The van der Waals surface area contributed by atoms with E-state index in [0.29, 0.717) is 40.0 Å². The smallest absolute Gasteiger partial charge is 0.286 e. The molecule has 0 unspecified atom stereocenters. The lowest BCUT2D eigenvalue weighted by atomic mass is 10.1. The maximum absolute atomic E-state index is 13.8. The lowest BCUT2D eigenvalue weighted by Crippen LogP contribution is -2.45. The van der Waals surface area contributed by atoms with E-state index in [0.717, 1.165) is 5.56 Å². The molecule has 1 amide bonds. The topological polar surface area (TPSA) is 97.2 Å². The molecule has 13 heteroatoms. The Morgan fingerprint density at radius 2 is 1.86 bits per heavy atom. The van der Waals surface area contributed by atoms with E-state index in [4.69, 9.17) is 46.7 Å². The molecule has 4 atom stereocenters. The first kappa shape index (κ1) is 31.2. The number of ether oxygens (including phenoxy) is 3. The summed E-state index contributed by atoms with van der Waals surface area (Å²) >= 11 is 12.6. The van der Waals surface area contributed by atoms with Crippen LogP contribution in [0.3, 0.4) is 0 Å². The number of fused-ring (bicyclic) bond motifs is 2. The average Bonchev–Trinajstić information content (AvgIpc) is 3.55. The van der Waals surface area contributed by atoms with Crippen molar-refractivity contribution in [3.8, 4) is 5.75 Å². The summed E-state index contributed by atoms with van der Waals surface area (Å²) in [6, 6.07) is 7.12. The lowest BCUT2D eigenvalue weighted by Gasteiger charge is -2.36. The molecule has 2 aliphatic heterocycles. The molecule has 2 saturated heterocycles. The Morgan fingerprint density at radius 3 is 2.57 bits per heavy atom. The number of carbonyl (C=O) groups is 1. The van der Waals surface area contributed by atoms with Gasteiger partial charge in [-0.15, -0.1) is 0 Å². The average molecular weight is 638 g/mol. The van der Waals surface area contributed by atoms with Gasteiger partial charge in [-0.05, 0) is 62.7 Å². The summed E-state index contributed by atoms with van der Waals surface area (Å²) in [4.78, 5) is 28.3. The second-order valence-corrected chi connectivity index (χ2v) is 18.3. The molecule has 2 aromatic heterocycles. The fourth-order valence-corrected chi connectivity index (χ4v) is 6.41. The minimum Gasteiger partial charge on any atom is -0.416 e. The van der Waals surface area contributed by atoms with Gasteiger partial charge in [0.2, 0.25) is 0 Å². The zero-order valence-corrected chi connectivity index (χ0v) is 27.7. The van der Waals surface area contributed by atoms with E-state index in [1.165, 1.54) is 11.4 Å². The normalized spacial score (nSPS) is 23.8. The maximum Gasteiger partial charge on any atom is 0.286 e. The predicted octanol–water partition coefficient (Wildman–Crippen LogP) is 6.17. The van der Waals surface area contributed by atoms with Crippen molar-refractivity contribution in [2.24, 2.45) is 0 Å². The highest BCUT2D eigenvalue weighted by Crippen LogP contribution is 2.45. The third-order valence-electron chi connectivity index (χ3n) is 8.22. The van der Waals surface area contributed by atoms with Crippen molar-refractivity contribution in [1.29, 1.82) is 0 Å². The van der Waals surface area contributed by atoms with Gasteiger partial charge in [0.1, 0.15) is 29.3 Å². The molecule has 0 spiro atoms. The van der Waals surface area contributed by atoms with Crippen LogP contribution in [0.25, 0.3) is 11.0 Å². The Morgan fingerprint density at radius 1 is 1.14 bits per heavy atom. The van der Waals surface area contributed by atoms with Gasteiger partial charge in [-0.25, -0.2) is 9.97 Å². The summed E-state index contributed by atoms with van der Waals surface area (Å²) in [7, 11) is -0.377. The second-order valence-electron chi connectivity index (χ2n) is 12.7. The number of likely N-dealkylation sites (N-methyl/N-ethyl adjacent to an activating group) is 1. The van der Waals surface area contributed by atoms with Crippen LogP contribution in [0, 0.1) is 0 Å². The molecule has 0 bridgehead atoms. The van der Waals surface area contributed by atoms with Crippen molar-refractivity contribution < 1.29 is 28.3 Å². The van der Waals surface area contributed by atoms with E-state index in [-0.39, 0.29) is 5.04 Å². The number of rotatable bonds is 8. The van der Waals surface area contributed by atoms with Gasteiger partial charge in [0.05, 0.1) is 5.39 Å². The van der Waals surface area contributed by atoms with Crippen molar-refractivity contribution in [3.63, 3.8) is 0 Å². The molecule has 2 aliphatic rings. The van der Waals surface area contributed by atoms with Crippen LogP contribution < -0.4 is 4.84 Å². The van der Waals surface area contributed by atoms with E-state index in [1.54, 1.807) is 36.0 Å². The number of carbonyl (C=O) groups excluding carboxylic acids is 1. The third kappa shape index (κ3) is 6.06. The number of hydrogen-bond donors (Lipinski definition) is 0. The fraction of sp³-hybridized carbons (Fsp3) is 0.552. The van der Waals surface area contributed by atoms with E-state index in [2.05, 4.69) is 43.8 Å². The highest BCUT2D eigenvalue weighted by atomic mass is 35.5. The Labute approximate surface area is 257 Å². The molecule has 4 heterocycles. The van der Waals surface area contributed by atoms with E-state index >= 15 is 0 Å². The summed E-state index contributed by atoms with van der Waals surface area (Å²) in [6.45, 7) is 15.2. The maximum atomic E-state index is 13.8. The first-order valence-electron chi connectivity index (χ1n) is 13.9. The zero-order chi connectivity index (χ0) is 30.6. The van der Waals surface area contributed by atoms with Crippen LogP contribution in [0.1, 0.15) is 46.4 Å². The highest BCUT2D eigenvalue weighted by Gasteiger charge is 2.59. The van der Waals surface area contributed by atoms with Crippen LogP contribution in [0.5, 0.6) is 5.75 Å². The number of hydrogen-bond acceptors (Lipinski definition) is 8. The third-order valence-corrected chi connectivity index (χ3v) is 13.3. The molecule has 10 nitrogen and oxygen atoms in total. The van der Waals surface area contributed by atoms with Crippen molar-refractivity contribution in [3.05, 3.63) is 52.5 Å². The van der Waals surface area contributed by atoms with E-state index in [9.17, 15) is 4.79 Å².